The van der Waals surface area contributed by atoms with E-state index in [1.807, 2.05) is 0 Å². The maximum absolute atomic E-state index is 11.1. The Bertz CT molecular complexity index is 660. The molecule has 1 amide bonds. The molecule has 1 aromatic carbocycles. The third kappa shape index (κ3) is 4.38. The van der Waals surface area contributed by atoms with Crippen LogP contribution in [0.5, 0.6) is 0 Å². The second-order valence-electron chi connectivity index (χ2n) is 6.13. The van der Waals surface area contributed by atoms with Crippen LogP contribution in [0.2, 0.25) is 0 Å². The second-order valence-corrected chi connectivity index (χ2v) is 6.13. The molecule has 2 N–H and O–H groups in total. The van der Waals surface area contributed by atoms with Crippen LogP contribution >= 0.6 is 0 Å². The SMILES string of the molecule is NC(=O)c1ccc(-c2nnn(CCOC3CCCCCC3)n2)cc1. The van der Waals surface area contributed by atoms with E-state index >= 15 is 0 Å². The quantitative estimate of drug-likeness (QED) is 0.819. The molecule has 0 saturated heterocycles. The smallest absolute Gasteiger partial charge is 0.248 e. The summed E-state index contributed by atoms with van der Waals surface area (Å²) in [5, 5.41) is 12.5. The Morgan fingerprint density at radius 2 is 1.88 bits per heavy atom. The largest absolute Gasteiger partial charge is 0.376 e. The Morgan fingerprint density at radius 1 is 1.17 bits per heavy atom. The number of hydrogen-bond donors (Lipinski definition) is 1. The van der Waals surface area contributed by atoms with E-state index in [1.165, 1.54) is 25.7 Å². The molecule has 1 aliphatic carbocycles. The fourth-order valence-electron chi connectivity index (χ4n) is 2.95. The van der Waals surface area contributed by atoms with Crippen molar-refractivity contribution in [3.63, 3.8) is 0 Å². The molecule has 7 heteroatoms. The van der Waals surface area contributed by atoms with Crippen LogP contribution in [0.25, 0.3) is 11.4 Å². The van der Waals surface area contributed by atoms with Gasteiger partial charge in [-0.15, -0.1) is 10.2 Å². The van der Waals surface area contributed by atoms with E-state index in [0.717, 1.165) is 18.4 Å². The lowest BCUT2D eigenvalue weighted by molar-refractivity contribution is 0.0350. The fraction of sp³-hybridized carbons (Fsp3) is 0.529. The zero-order valence-electron chi connectivity index (χ0n) is 13.7. The number of nitrogens with two attached hydrogens (primary N) is 1. The highest BCUT2D eigenvalue weighted by atomic mass is 16.5. The van der Waals surface area contributed by atoms with Gasteiger partial charge in [0.05, 0.1) is 19.3 Å². The molecule has 1 heterocycles. The lowest BCUT2D eigenvalue weighted by Gasteiger charge is -2.14. The molecule has 128 valence electrons. The first-order valence-corrected chi connectivity index (χ1v) is 8.52. The Balaban J connectivity index is 1.52. The molecule has 1 aromatic heterocycles. The molecule has 1 saturated carbocycles. The molecular weight excluding hydrogens is 306 g/mol. The predicted octanol–water partition coefficient (Wildman–Crippen LogP) is 2.18. The van der Waals surface area contributed by atoms with Crippen molar-refractivity contribution in [2.24, 2.45) is 5.73 Å². The molecule has 0 radical (unpaired) electrons. The first-order valence-electron chi connectivity index (χ1n) is 8.52. The van der Waals surface area contributed by atoms with Crippen molar-refractivity contribution in [1.29, 1.82) is 0 Å². The molecule has 7 nitrogen and oxygen atoms in total. The molecule has 0 spiro atoms. The van der Waals surface area contributed by atoms with Crippen molar-refractivity contribution in [1.82, 2.24) is 20.2 Å². The maximum atomic E-state index is 11.1. The lowest BCUT2D eigenvalue weighted by Crippen LogP contribution is -2.17. The predicted molar refractivity (Wildman–Crippen MR) is 89.2 cm³/mol. The number of carbonyl (C=O) groups is 1. The van der Waals surface area contributed by atoms with Gasteiger partial charge in [-0.2, -0.15) is 4.80 Å². The van der Waals surface area contributed by atoms with Gasteiger partial charge >= 0.3 is 0 Å². The molecule has 1 fully saturated rings. The lowest BCUT2D eigenvalue weighted by atomic mass is 10.1. The highest BCUT2D eigenvalue weighted by Gasteiger charge is 2.13. The van der Waals surface area contributed by atoms with E-state index in [9.17, 15) is 4.79 Å². The summed E-state index contributed by atoms with van der Waals surface area (Å²) in [5.74, 6) is 0.0781. The molecule has 1 aliphatic rings. The normalized spacial score (nSPS) is 16.0. The number of aromatic nitrogens is 4. The number of amides is 1. The first-order chi connectivity index (χ1) is 11.7. The summed E-state index contributed by atoms with van der Waals surface area (Å²) in [6.07, 6.45) is 7.85. The van der Waals surface area contributed by atoms with Crippen LogP contribution in [0, 0.1) is 0 Å². The van der Waals surface area contributed by atoms with Gasteiger partial charge in [0.15, 0.2) is 0 Å². The van der Waals surface area contributed by atoms with Gasteiger partial charge in [0, 0.05) is 11.1 Å². The molecule has 0 atom stereocenters. The molecule has 24 heavy (non-hydrogen) atoms. The van der Waals surface area contributed by atoms with Crippen molar-refractivity contribution < 1.29 is 9.53 Å². The molecule has 2 aromatic rings. The van der Waals surface area contributed by atoms with E-state index in [4.69, 9.17) is 10.5 Å². The molecule has 0 bridgehead atoms. The topological polar surface area (TPSA) is 95.9 Å². The summed E-state index contributed by atoms with van der Waals surface area (Å²) in [6, 6.07) is 6.86. The van der Waals surface area contributed by atoms with E-state index < -0.39 is 5.91 Å². The van der Waals surface area contributed by atoms with Gasteiger partial charge in [0.25, 0.3) is 0 Å². The summed E-state index contributed by atoms with van der Waals surface area (Å²) in [4.78, 5) is 12.6. The minimum Gasteiger partial charge on any atom is -0.376 e. The van der Waals surface area contributed by atoms with E-state index in [-0.39, 0.29) is 0 Å². The number of rotatable bonds is 6. The summed E-state index contributed by atoms with van der Waals surface area (Å²) in [5.41, 5.74) is 6.50. The number of hydrogen-bond acceptors (Lipinski definition) is 5. The van der Waals surface area contributed by atoms with Crippen LogP contribution in [0.15, 0.2) is 24.3 Å². The summed E-state index contributed by atoms with van der Waals surface area (Å²) in [6.45, 7) is 1.18. The van der Waals surface area contributed by atoms with Crippen molar-refractivity contribution in [3.8, 4) is 11.4 Å². The standard InChI is InChI=1S/C17H23N5O2/c18-16(23)13-7-9-14(10-8-13)17-19-21-22(20-17)11-12-24-15-5-3-1-2-4-6-15/h7-10,15H,1-6,11-12H2,(H2,18,23). The average Bonchev–Trinajstić information content (AvgIpc) is 2.91. The van der Waals surface area contributed by atoms with Crippen molar-refractivity contribution >= 4 is 5.91 Å². The zero-order valence-corrected chi connectivity index (χ0v) is 13.7. The molecule has 0 unspecified atom stereocenters. The first kappa shape index (κ1) is 16.6. The summed E-state index contributed by atoms with van der Waals surface area (Å²) >= 11 is 0. The van der Waals surface area contributed by atoms with Crippen molar-refractivity contribution in [2.75, 3.05) is 6.61 Å². The molecule has 0 aliphatic heterocycles. The Labute approximate surface area is 141 Å². The number of nitrogens with zero attached hydrogens (tertiary/aromatic N) is 4. The summed E-state index contributed by atoms with van der Waals surface area (Å²) in [7, 11) is 0. The number of tetrazole rings is 1. The average molecular weight is 329 g/mol. The zero-order chi connectivity index (χ0) is 16.8. The third-order valence-corrected chi connectivity index (χ3v) is 4.33. The minimum atomic E-state index is -0.450. The fourth-order valence-corrected chi connectivity index (χ4v) is 2.95. The Kier molecular flexibility index (Phi) is 5.53. The van der Waals surface area contributed by atoms with Crippen LogP contribution in [0.4, 0.5) is 0 Å². The van der Waals surface area contributed by atoms with Crippen molar-refractivity contribution in [2.45, 2.75) is 51.2 Å². The van der Waals surface area contributed by atoms with E-state index in [1.54, 1.807) is 29.1 Å². The number of benzene rings is 1. The highest BCUT2D eigenvalue weighted by Crippen LogP contribution is 2.19. The van der Waals surface area contributed by atoms with Gasteiger partial charge in [-0.25, -0.2) is 0 Å². The van der Waals surface area contributed by atoms with Crippen LogP contribution in [0.3, 0.4) is 0 Å². The summed E-state index contributed by atoms with van der Waals surface area (Å²) < 4.78 is 5.94. The van der Waals surface area contributed by atoms with Gasteiger partial charge in [-0.05, 0) is 30.2 Å². The van der Waals surface area contributed by atoms with Gasteiger partial charge in [0.2, 0.25) is 11.7 Å². The third-order valence-electron chi connectivity index (χ3n) is 4.33. The molecular formula is C17H23N5O2. The Morgan fingerprint density at radius 3 is 2.54 bits per heavy atom. The van der Waals surface area contributed by atoms with Crippen LogP contribution < -0.4 is 5.73 Å². The van der Waals surface area contributed by atoms with Gasteiger partial charge in [-0.3, -0.25) is 4.79 Å². The maximum Gasteiger partial charge on any atom is 0.248 e. The van der Waals surface area contributed by atoms with Crippen LogP contribution in [-0.2, 0) is 11.3 Å². The number of ether oxygens (including phenoxy) is 1. The van der Waals surface area contributed by atoms with Crippen LogP contribution in [0.1, 0.15) is 48.9 Å². The van der Waals surface area contributed by atoms with E-state index in [0.29, 0.717) is 30.6 Å². The van der Waals surface area contributed by atoms with Gasteiger partial charge < -0.3 is 10.5 Å². The number of carbonyl (C=O) groups excluding carboxylic acids is 1. The monoisotopic (exact) mass is 329 g/mol. The minimum absolute atomic E-state index is 0.372. The Hall–Kier alpha value is -2.28. The highest BCUT2D eigenvalue weighted by molar-refractivity contribution is 5.93. The van der Waals surface area contributed by atoms with Crippen molar-refractivity contribution in [3.05, 3.63) is 29.8 Å². The molecule has 3 rings (SSSR count). The number of primary amides is 1. The van der Waals surface area contributed by atoms with Gasteiger partial charge in [0.1, 0.15) is 0 Å². The second kappa shape index (κ2) is 8.01. The van der Waals surface area contributed by atoms with Crippen LogP contribution in [-0.4, -0.2) is 38.8 Å². The van der Waals surface area contributed by atoms with Gasteiger partial charge in [-0.1, -0.05) is 37.8 Å². The van der Waals surface area contributed by atoms with E-state index in [2.05, 4.69) is 15.4 Å².